The van der Waals surface area contributed by atoms with E-state index in [0.717, 1.165) is 33.5 Å². The maximum atomic E-state index is 12.7. The second-order valence-corrected chi connectivity index (χ2v) is 9.88. The molecule has 4 rings (SSSR count). The van der Waals surface area contributed by atoms with Crippen LogP contribution < -0.4 is 11.1 Å². The zero-order valence-corrected chi connectivity index (χ0v) is 18.3. The normalized spacial score (nSPS) is 12.8. The molecule has 0 aliphatic carbocycles. The van der Waals surface area contributed by atoms with Crippen LogP contribution in [0.3, 0.4) is 0 Å². The molecule has 4 aromatic heterocycles. The standard InChI is InChI=1S/C19H20N4O2S3/c1-4-10(2)7-13-11(3)28-17-15(13)16(25)21-18(22-17)27-9-12-8-14(24)23-5-6-26-19(23)20-12/h5-6,8,10H,4,7,9H2,1-3H3,(H,21,22,25). The first kappa shape index (κ1) is 19.4. The van der Waals surface area contributed by atoms with E-state index >= 15 is 0 Å². The molecule has 0 bridgehead atoms. The first-order chi connectivity index (χ1) is 13.5. The monoisotopic (exact) mass is 432 g/mol. The average molecular weight is 433 g/mol. The Bertz CT molecular complexity index is 1270. The maximum Gasteiger partial charge on any atom is 0.260 e. The van der Waals surface area contributed by atoms with Crippen LogP contribution in [0.4, 0.5) is 0 Å². The molecule has 0 fully saturated rings. The molecule has 1 N–H and O–H groups in total. The number of thioether (sulfide) groups is 1. The molecule has 0 spiro atoms. The van der Waals surface area contributed by atoms with Gasteiger partial charge in [-0.2, -0.15) is 0 Å². The number of nitrogens with one attached hydrogen (secondary N) is 1. The van der Waals surface area contributed by atoms with E-state index in [1.54, 1.807) is 17.5 Å². The van der Waals surface area contributed by atoms with E-state index in [1.807, 2.05) is 5.38 Å². The molecule has 146 valence electrons. The van der Waals surface area contributed by atoms with E-state index in [1.165, 1.54) is 33.6 Å². The highest BCUT2D eigenvalue weighted by Gasteiger charge is 2.17. The summed E-state index contributed by atoms with van der Waals surface area (Å²) in [5, 5.41) is 3.12. The van der Waals surface area contributed by atoms with Gasteiger partial charge in [0.1, 0.15) is 4.83 Å². The van der Waals surface area contributed by atoms with Crippen molar-refractivity contribution in [3.05, 3.63) is 54.5 Å². The fourth-order valence-electron chi connectivity index (χ4n) is 3.07. The number of H-pyrrole nitrogens is 1. The van der Waals surface area contributed by atoms with Gasteiger partial charge in [-0.05, 0) is 24.8 Å². The van der Waals surface area contributed by atoms with Crippen molar-refractivity contribution in [1.82, 2.24) is 19.4 Å². The van der Waals surface area contributed by atoms with Crippen molar-refractivity contribution in [3.63, 3.8) is 0 Å². The summed E-state index contributed by atoms with van der Waals surface area (Å²) in [5.74, 6) is 1.00. The molecular formula is C19H20N4O2S3. The lowest BCUT2D eigenvalue weighted by molar-refractivity contribution is 0.561. The van der Waals surface area contributed by atoms with Crippen LogP contribution in [0.25, 0.3) is 15.2 Å². The highest BCUT2D eigenvalue weighted by molar-refractivity contribution is 7.98. The Hall–Kier alpha value is -1.97. The van der Waals surface area contributed by atoms with Gasteiger partial charge in [0.05, 0.1) is 11.1 Å². The van der Waals surface area contributed by atoms with Gasteiger partial charge >= 0.3 is 0 Å². The second-order valence-electron chi connectivity index (χ2n) is 6.84. The number of hydrogen-bond acceptors (Lipinski definition) is 7. The summed E-state index contributed by atoms with van der Waals surface area (Å²) in [5.41, 5.74) is 1.62. The molecule has 0 aromatic carbocycles. The van der Waals surface area contributed by atoms with Gasteiger partial charge in [-0.25, -0.2) is 9.97 Å². The predicted octanol–water partition coefficient (Wildman–Crippen LogP) is 4.24. The molecule has 6 nitrogen and oxygen atoms in total. The van der Waals surface area contributed by atoms with Crippen molar-refractivity contribution >= 4 is 49.6 Å². The summed E-state index contributed by atoms with van der Waals surface area (Å²) >= 11 is 4.39. The van der Waals surface area contributed by atoms with Gasteiger partial charge in [0, 0.05) is 28.3 Å². The third-order valence-corrected chi connectivity index (χ3v) is 7.51. The summed E-state index contributed by atoms with van der Waals surface area (Å²) in [4.78, 5) is 39.5. The Labute approximate surface area is 173 Å². The number of nitrogens with zero attached hydrogens (tertiary/aromatic N) is 3. The maximum absolute atomic E-state index is 12.7. The summed E-state index contributed by atoms with van der Waals surface area (Å²) < 4.78 is 1.53. The van der Waals surface area contributed by atoms with Gasteiger partial charge in [0.25, 0.3) is 11.1 Å². The van der Waals surface area contributed by atoms with Crippen molar-refractivity contribution in [2.45, 2.75) is 44.5 Å². The van der Waals surface area contributed by atoms with E-state index in [2.05, 4.69) is 35.7 Å². The van der Waals surface area contributed by atoms with E-state index in [-0.39, 0.29) is 11.1 Å². The summed E-state index contributed by atoms with van der Waals surface area (Å²) in [6, 6.07) is 1.53. The Morgan fingerprint density at radius 3 is 2.93 bits per heavy atom. The number of aromatic amines is 1. The number of thiazole rings is 1. The molecule has 4 heterocycles. The predicted molar refractivity (Wildman–Crippen MR) is 117 cm³/mol. The van der Waals surface area contributed by atoms with Gasteiger partial charge in [0.15, 0.2) is 10.1 Å². The lowest BCUT2D eigenvalue weighted by Gasteiger charge is -2.08. The van der Waals surface area contributed by atoms with E-state index in [4.69, 9.17) is 0 Å². The molecule has 0 saturated heterocycles. The topological polar surface area (TPSA) is 80.1 Å². The molecule has 0 saturated carbocycles. The largest absolute Gasteiger partial charge is 0.301 e. The first-order valence-corrected chi connectivity index (χ1v) is 11.7. The quantitative estimate of drug-likeness (QED) is 0.364. The van der Waals surface area contributed by atoms with Crippen LogP contribution in [0.2, 0.25) is 0 Å². The number of rotatable bonds is 6. The van der Waals surface area contributed by atoms with E-state index in [9.17, 15) is 9.59 Å². The van der Waals surface area contributed by atoms with E-state index in [0.29, 0.717) is 27.5 Å². The van der Waals surface area contributed by atoms with Crippen LogP contribution in [0.15, 0.2) is 32.4 Å². The van der Waals surface area contributed by atoms with Gasteiger partial charge in [0.2, 0.25) is 0 Å². The molecule has 0 radical (unpaired) electrons. The molecule has 28 heavy (non-hydrogen) atoms. The Morgan fingerprint density at radius 2 is 2.14 bits per heavy atom. The van der Waals surface area contributed by atoms with Crippen molar-refractivity contribution in [2.24, 2.45) is 5.92 Å². The van der Waals surface area contributed by atoms with Crippen molar-refractivity contribution < 1.29 is 0 Å². The van der Waals surface area contributed by atoms with Crippen LogP contribution in [0.5, 0.6) is 0 Å². The van der Waals surface area contributed by atoms with E-state index < -0.39 is 0 Å². The molecule has 4 aromatic rings. The zero-order chi connectivity index (χ0) is 19.8. The average Bonchev–Trinajstić information content (AvgIpc) is 3.25. The Morgan fingerprint density at radius 1 is 1.32 bits per heavy atom. The fraction of sp³-hybridized carbons (Fsp3) is 0.368. The minimum atomic E-state index is -0.0951. The number of hydrogen-bond donors (Lipinski definition) is 1. The Balaban J connectivity index is 1.62. The van der Waals surface area contributed by atoms with Crippen LogP contribution >= 0.6 is 34.4 Å². The third-order valence-electron chi connectivity index (χ3n) is 4.80. The fourth-order valence-corrected chi connectivity index (χ4v) is 5.67. The Kier molecular flexibility index (Phi) is 5.39. The molecule has 1 atom stereocenters. The zero-order valence-electron chi connectivity index (χ0n) is 15.8. The van der Waals surface area contributed by atoms with Gasteiger partial charge in [-0.1, -0.05) is 32.0 Å². The molecule has 9 heteroatoms. The number of aryl methyl sites for hydroxylation is 1. The highest BCUT2D eigenvalue weighted by Crippen LogP contribution is 2.31. The molecule has 0 aliphatic heterocycles. The molecule has 0 amide bonds. The highest BCUT2D eigenvalue weighted by atomic mass is 32.2. The van der Waals surface area contributed by atoms with Crippen LogP contribution in [-0.4, -0.2) is 19.4 Å². The lowest BCUT2D eigenvalue weighted by Crippen LogP contribution is -2.13. The van der Waals surface area contributed by atoms with Gasteiger partial charge in [-0.15, -0.1) is 22.7 Å². The van der Waals surface area contributed by atoms with Crippen molar-refractivity contribution in [3.8, 4) is 0 Å². The lowest BCUT2D eigenvalue weighted by atomic mass is 9.98. The van der Waals surface area contributed by atoms with Gasteiger partial charge < -0.3 is 4.98 Å². The van der Waals surface area contributed by atoms with Crippen LogP contribution in [0.1, 0.15) is 36.4 Å². The smallest absolute Gasteiger partial charge is 0.260 e. The first-order valence-electron chi connectivity index (χ1n) is 9.07. The van der Waals surface area contributed by atoms with Crippen molar-refractivity contribution in [2.75, 3.05) is 0 Å². The number of thiophene rings is 1. The summed E-state index contributed by atoms with van der Waals surface area (Å²) in [6.07, 6.45) is 3.70. The molecule has 1 unspecified atom stereocenters. The van der Waals surface area contributed by atoms with Crippen LogP contribution in [-0.2, 0) is 12.2 Å². The number of aromatic nitrogens is 4. The second kappa shape index (κ2) is 7.81. The SMILES string of the molecule is CCC(C)Cc1c(C)sc2nc(SCc3cc(=O)n4ccsc4n3)[nH]c(=O)c12. The molecule has 0 aliphatic rings. The third kappa shape index (κ3) is 3.66. The van der Waals surface area contributed by atoms with Crippen LogP contribution in [0, 0.1) is 12.8 Å². The summed E-state index contributed by atoms with van der Waals surface area (Å²) in [6.45, 7) is 6.43. The minimum Gasteiger partial charge on any atom is -0.301 e. The van der Waals surface area contributed by atoms with Crippen molar-refractivity contribution in [1.29, 1.82) is 0 Å². The number of fused-ring (bicyclic) bond motifs is 2. The van der Waals surface area contributed by atoms with Gasteiger partial charge in [-0.3, -0.25) is 14.0 Å². The molecular weight excluding hydrogens is 412 g/mol. The minimum absolute atomic E-state index is 0.0862. The summed E-state index contributed by atoms with van der Waals surface area (Å²) in [7, 11) is 0.